The third-order valence-corrected chi connectivity index (χ3v) is 7.51. The van der Waals surface area contributed by atoms with Gasteiger partial charge in [-0.05, 0) is 53.6 Å². The van der Waals surface area contributed by atoms with E-state index in [0.717, 1.165) is 50.5 Å². The standard InChI is InChI=1S/C29H33NO3/c1-31-27-18-24-25(19-28(27)32-2)29(13-15-33-16-14-29)20-30-26(24)17-23(21-9-5-3-6-10-21)22-11-7-4-8-12-22/h3-12,18-19,23,26,30H,13-17,20H2,1-2H3. The zero-order chi connectivity index (χ0) is 22.7. The number of hydrogen-bond acceptors (Lipinski definition) is 4. The van der Waals surface area contributed by atoms with Crippen LogP contribution >= 0.6 is 0 Å². The number of benzene rings is 3. The molecule has 1 unspecified atom stereocenters. The van der Waals surface area contributed by atoms with Crippen molar-refractivity contribution >= 4 is 0 Å². The summed E-state index contributed by atoms with van der Waals surface area (Å²) in [5, 5.41) is 3.94. The van der Waals surface area contributed by atoms with Crippen LogP contribution in [0.25, 0.3) is 0 Å². The molecule has 0 amide bonds. The SMILES string of the molecule is COc1cc2c(cc1OC)C1(CCOCC1)CNC2CC(c1ccccc1)c1ccccc1. The van der Waals surface area contributed by atoms with E-state index in [0.29, 0.717) is 5.92 Å². The molecule has 2 aliphatic heterocycles. The summed E-state index contributed by atoms with van der Waals surface area (Å²) < 4.78 is 17.2. The maximum atomic E-state index is 5.74. The first-order valence-corrected chi connectivity index (χ1v) is 11.9. The molecule has 172 valence electrons. The molecule has 33 heavy (non-hydrogen) atoms. The minimum atomic E-state index is 0.0820. The van der Waals surface area contributed by atoms with Gasteiger partial charge in [-0.15, -0.1) is 0 Å². The summed E-state index contributed by atoms with van der Waals surface area (Å²) >= 11 is 0. The fourth-order valence-electron chi connectivity index (χ4n) is 5.66. The Labute approximate surface area is 196 Å². The molecule has 1 spiro atoms. The first-order valence-electron chi connectivity index (χ1n) is 11.9. The fraction of sp³-hybridized carbons (Fsp3) is 0.379. The lowest BCUT2D eigenvalue weighted by Gasteiger charge is -2.46. The van der Waals surface area contributed by atoms with Gasteiger partial charge in [0, 0.05) is 37.1 Å². The van der Waals surface area contributed by atoms with E-state index in [9.17, 15) is 0 Å². The summed E-state index contributed by atoms with van der Waals surface area (Å²) in [6, 6.07) is 26.4. The minimum Gasteiger partial charge on any atom is -0.493 e. The predicted octanol–water partition coefficient (Wildman–Crippen LogP) is 5.62. The number of ether oxygens (including phenoxy) is 3. The minimum absolute atomic E-state index is 0.0820. The van der Waals surface area contributed by atoms with E-state index in [4.69, 9.17) is 14.2 Å². The third-order valence-electron chi connectivity index (χ3n) is 7.51. The molecule has 3 aromatic carbocycles. The number of rotatable bonds is 6. The molecule has 1 saturated heterocycles. The first kappa shape index (κ1) is 22.0. The van der Waals surface area contributed by atoms with Crippen molar-refractivity contribution in [2.24, 2.45) is 0 Å². The highest BCUT2D eigenvalue weighted by atomic mass is 16.5. The van der Waals surface area contributed by atoms with Gasteiger partial charge in [-0.3, -0.25) is 0 Å². The number of nitrogens with one attached hydrogen (secondary N) is 1. The second-order valence-electron chi connectivity index (χ2n) is 9.23. The monoisotopic (exact) mass is 443 g/mol. The van der Waals surface area contributed by atoms with Crippen molar-refractivity contribution in [2.45, 2.75) is 36.6 Å². The number of methoxy groups -OCH3 is 2. The van der Waals surface area contributed by atoms with Crippen LogP contribution in [0.2, 0.25) is 0 Å². The van der Waals surface area contributed by atoms with Crippen LogP contribution in [0.15, 0.2) is 72.8 Å². The van der Waals surface area contributed by atoms with Crippen LogP contribution in [-0.2, 0) is 10.2 Å². The van der Waals surface area contributed by atoms with Gasteiger partial charge >= 0.3 is 0 Å². The average Bonchev–Trinajstić information content (AvgIpc) is 2.89. The maximum Gasteiger partial charge on any atom is 0.161 e. The molecular weight excluding hydrogens is 410 g/mol. The molecule has 0 radical (unpaired) electrons. The van der Waals surface area contributed by atoms with Crippen LogP contribution in [0.3, 0.4) is 0 Å². The Morgan fingerprint density at radius 1 is 0.879 bits per heavy atom. The Hall–Kier alpha value is -2.82. The van der Waals surface area contributed by atoms with E-state index in [1.807, 2.05) is 0 Å². The van der Waals surface area contributed by atoms with E-state index in [2.05, 4.69) is 78.1 Å². The molecule has 5 rings (SSSR count). The molecule has 2 heterocycles. The molecule has 4 heteroatoms. The van der Waals surface area contributed by atoms with Gasteiger partial charge in [-0.1, -0.05) is 60.7 Å². The smallest absolute Gasteiger partial charge is 0.161 e. The highest BCUT2D eigenvalue weighted by molar-refractivity contribution is 5.53. The van der Waals surface area contributed by atoms with Gasteiger partial charge in [0.1, 0.15) is 0 Å². The zero-order valence-corrected chi connectivity index (χ0v) is 19.6. The molecule has 4 nitrogen and oxygen atoms in total. The first-order chi connectivity index (χ1) is 16.2. The molecule has 1 fully saturated rings. The molecule has 1 atom stereocenters. The molecule has 0 bridgehead atoms. The van der Waals surface area contributed by atoms with Gasteiger partial charge in [0.25, 0.3) is 0 Å². The Bertz CT molecular complexity index is 1020. The Morgan fingerprint density at radius 2 is 1.45 bits per heavy atom. The van der Waals surface area contributed by atoms with Gasteiger partial charge in [0.05, 0.1) is 14.2 Å². The highest BCUT2D eigenvalue weighted by Crippen LogP contribution is 2.48. The second kappa shape index (κ2) is 9.58. The van der Waals surface area contributed by atoms with Crippen LogP contribution in [-0.4, -0.2) is 34.0 Å². The van der Waals surface area contributed by atoms with Gasteiger partial charge in [0.15, 0.2) is 11.5 Å². The van der Waals surface area contributed by atoms with Crippen molar-refractivity contribution in [1.29, 1.82) is 0 Å². The molecule has 0 aliphatic carbocycles. The average molecular weight is 444 g/mol. The summed E-state index contributed by atoms with van der Waals surface area (Å²) in [6.07, 6.45) is 3.02. The van der Waals surface area contributed by atoms with Crippen molar-refractivity contribution in [2.75, 3.05) is 34.0 Å². The molecule has 0 saturated carbocycles. The van der Waals surface area contributed by atoms with E-state index in [1.54, 1.807) is 14.2 Å². The van der Waals surface area contributed by atoms with E-state index >= 15 is 0 Å². The summed E-state index contributed by atoms with van der Waals surface area (Å²) in [4.78, 5) is 0. The summed E-state index contributed by atoms with van der Waals surface area (Å²) in [5.74, 6) is 1.91. The molecule has 0 aromatic heterocycles. The van der Waals surface area contributed by atoms with Crippen LogP contribution in [0.5, 0.6) is 11.5 Å². The Kier molecular flexibility index (Phi) is 6.39. The topological polar surface area (TPSA) is 39.7 Å². The van der Waals surface area contributed by atoms with E-state index in [-0.39, 0.29) is 11.5 Å². The summed E-state index contributed by atoms with van der Waals surface area (Å²) in [5.41, 5.74) is 5.50. The lowest BCUT2D eigenvalue weighted by atomic mass is 9.68. The van der Waals surface area contributed by atoms with Gasteiger partial charge in [-0.25, -0.2) is 0 Å². The number of hydrogen-bond donors (Lipinski definition) is 1. The molecule has 2 aliphatic rings. The van der Waals surface area contributed by atoms with Crippen molar-refractivity contribution in [3.63, 3.8) is 0 Å². The van der Waals surface area contributed by atoms with Gasteiger partial charge < -0.3 is 19.5 Å². The fourth-order valence-corrected chi connectivity index (χ4v) is 5.66. The molecule has 1 N–H and O–H groups in total. The lowest BCUT2D eigenvalue weighted by Crippen LogP contribution is -2.48. The van der Waals surface area contributed by atoms with Crippen molar-refractivity contribution in [1.82, 2.24) is 5.32 Å². The van der Waals surface area contributed by atoms with Crippen molar-refractivity contribution < 1.29 is 14.2 Å². The molecule has 3 aromatic rings. The largest absolute Gasteiger partial charge is 0.493 e. The molecular formula is C29H33NO3. The summed E-state index contributed by atoms with van der Waals surface area (Å²) in [7, 11) is 3.44. The van der Waals surface area contributed by atoms with E-state index < -0.39 is 0 Å². The third kappa shape index (κ3) is 4.25. The quantitative estimate of drug-likeness (QED) is 0.537. The van der Waals surface area contributed by atoms with Crippen molar-refractivity contribution in [3.05, 3.63) is 95.1 Å². The Morgan fingerprint density at radius 3 is 2.03 bits per heavy atom. The van der Waals surface area contributed by atoms with Crippen molar-refractivity contribution in [3.8, 4) is 11.5 Å². The van der Waals surface area contributed by atoms with Gasteiger partial charge in [-0.2, -0.15) is 0 Å². The van der Waals surface area contributed by atoms with Crippen LogP contribution in [0, 0.1) is 0 Å². The normalized spacial score (nSPS) is 19.3. The van der Waals surface area contributed by atoms with E-state index in [1.165, 1.54) is 22.3 Å². The lowest BCUT2D eigenvalue weighted by molar-refractivity contribution is 0.0448. The second-order valence-corrected chi connectivity index (χ2v) is 9.23. The van der Waals surface area contributed by atoms with Crippen LogP contribution in [0.4, 0.5) is 0 Å². The zero-order valence-electron chi connectivity index (χ0n) is 19.6. The summed E-state index contributed by atoms with van der Waals surface area (Å²) in [6.45, 7) is 2.56. The van der Waals surface area contributed by atoms with Gasteiger partial charge in [0.2, 0.25) is 0 Å². The Balaban J connectivity index is 1.57. The maximum absolute atomic E-state index is 5.74. The number of fused-ring (bicyclic) bond motifs is 2. The predicted molar refractivity (Wildman–Crippen MR) is 131 cm³/mol. The van der Waals surface area contributed by atoms with Crippen LogP contribution < -0.4 is 14.8 Å². The van der Waals surface area contributed by atoms with Crippen LogP contribution in [0.1, 0.15) is 53.5 Å². The highest BCUT2D eigenvalue weighted by Gasteiger charge is 2.42.